The molecule has 0 amide bonds. The number of rotatable bonds is 9. The molecule has 2 aromatic carbocycles. The van der Waals surface area contributed by atoms with Gasteiger partial charge in [0.25, 0.3) is 0 Å². The number of unbranched alkanes of at least 4 members (excludes halogenated alkanes) is 1. The molecule has 0 atom stereocenters. The van der Waals surface area contributed by atoms with Crippen LogP contribution in [0.25, 0.3) is 11.1 Å². The van der Waals surface area contributed by atoms with Crippen molar-refractivity contribution in [1.29, 1.82) is 0 Å². The molecule has 0 aliphatic heterocycles. The fourth-order valence-corrected chi connectivity index (χ4v) is 6.25. The number of carbonyl (C=O) groups is 1. The third-order valence-corrected chi connectivity index (χ3v) is 8.47. The molecule has 0 unspecified atom stereocenters. The van der Waals surface area contributed by atoms with Gasteiger partial charge in [0.1, 0.15) is 11.9 Å². The maximum absolute atomic E-state index is 15.1. The highest BCUT2D eigenvalue weighted by Gasteiger charge is 2.25. The van der Waals surface area contributed by atoms with Gasteiger partial charge in [-0.05, 0) is 98.4 Å². The lowest BCUT2D eigenvalue weighted by atomic mass is 9.77. The summed E-state index contributed by atoms with van der Waals surface area (Å²) in [7, 11) is 0. The van der Waals surface area contributed by atoms with Gasteiger partial charge in [-0.25, -0.2) is 9.18 Å². The van der Waals surface area contributed by atoms with Gasteiger partial charge in [0.2, 0.25) is 0 Å². The minimum atomic E-state index is -0.263. The van der Waals surface area contributed by atoms with Gasteiger partial charge in [-0.1, -0.05) is 70.2 Å². The first-order chi connectivity index (χ1) is 17.1. The Hall–Kier alpha value is -2.16. The van der Waals surface area contributed by atoms with Gasteiger partial charge in [-0.3, -0.25) is 0 Å². The van der Waals surface area contributed by atoms with E-state index in [1.54, 1.807) is 18.2 Å². The molecule has 0 radical (unpaired) electrons. The standard InChI is InChI=1S/C32H43FO2/c1-3-5-7-24-8-12-25(13-9-24)28-18-21-30(31(33)22-28)26-14-16-27(17-15-26)32(34)35-29-19-10-23(6-4-2)11-20-29/h14-18,21-25,29H,3-13,19-20H2,1-2H3/t23-,24-,25-,29-. The highest BCUT2D eigenvalue weighted by atomic mass is 19.1. The maximum atomic E-state index is 15.1. The van der Waals surface area contributed by atoms with Crippen molar-refractivity contribution in [3.8, 4) is 11.1 Å². The van der Waals surface area contributed by atoms with E-state index in [1.807, 2.05) is 18.2 Å². The van der Waals surface area contributed by atoms with Crippen LogP contribution in [0.5, 0.6) is 0 Å². The topological polar surface area (TPSA) is 26.3 Å². The van der Waals surface area contributed by atoms with Crippen LogP contribution >= 0.6 is 0 Å². The van der Waals surface area contributed by atoms with Crippen molar-refractivity contribution in [1.82, 2.24) is 0 Å². The second-order valence-electron chi connectivity index (χ2n) is 11.0. The minimum Gasteiger partial charge on any atom is -0.459 e. The van der Waals surface area contributed by atoms with Crippen LogP contribution in [0.15, 0.2) is 42.5 Å². The monoisotopic (exact) mass is 478 g/mol. The lowest BCUT2D eigenvalue weighted by Gasteiger charge is -2.29. The van der Waals surface area contributed by atoms with Crippen LogP contribution in [-0.4, -0.2) is 12.1 Å². The predicted molar refractivity (Wildman–Crippen MR) is 142 cm³/mol. The maximum Gasteiger partial charge on any atom is 0.338 e. The lowest BCUT2D eigenvalue weighted by Crippen LogP contribution is -2.24. The quantitative estimate of drug-likeness (QED) is 0.335. The molecule has 2 aliphatic carbocycles. The summed E-state index contributed by atoms with van der Waals surface area (Å²) in [5, 5.41) is 0. The molecule has 0 spiro atoms. The summed E-state index contributed by atoms with van der Waals surface area (Å²) in [6.07, 6.45) is 15.6. The van der Waals surface area contributed by atoms with E-state index in [2.05, 4.69) is 19.9 Å². The average molecular weight is 479 g/mol. The zero-order valence-corrected chi connectivity index (χ0v) is 21.7. The van der Waals surface area contributed by atoms with Crippen LogP contribution in [0.4, 0.5) is 4.39 Å². The van der Waals surface area contributed by atoms with Crippen LogP contribution < -0.4 is 0 Å². The Balaban J connectivity index is 1.32. The second kappa shape index (κ2) is 12.7. The summed E-state index contributed by atoms with van der Waals surface area (Å²) in [5.41, 5.74) is 3.07. The number of hydrogen-bond acceptors (Lipinski definition) is 2. The lowest BCUT2D eigenvalue weighted by molar-refractivity contribution is 0.0161. The van der Waals surface area contributed by atoms with E-state index in [-0.39, 0.29) is 17.9 Å². The van der Waals surface area contributed by atoms with Crippen molar-refractivity contribution in [2.75, 3.05) is 0 Å². The Morgan fingerprint density at radius 2 is 1.49 bits per heavy atom. The van der Waals surface area contributed by atoms with Gasteiger partial charge in [0.05, 0.1) is 5.56 Å². The second-order valence-corrected chi connectivity index (χ2v) is 11.0. The fraction of sp³-hybridized carbons (Fsp3) is 0.594. The van der Waals surface area contributed by atoms with Gasteiger partial charge in [-0.2, -0.15) is 0 Å². The molecule has 35 heavy (non-hydrogen) atoms. The van der Waals surface area contributed by atoms with E-state index in [0.29, 0.717) is 17.0 Å². The molecule has 3 heteroatoms. The van der Waals surface area contributed by atoms with Crippen LogP contribution in [0.1, 0.15) is 119 Å². The van der Waals surface area contributed by atoms with E-state index >= 15 is 4.39 Å². The number of benzene rings is 2. The Labute approximate surface area is 211 Å². The van der Waals surface area contributed by atoms with Crippen molar-refractivity contribution < 1.29 is 13.9 Å². The Morgan fingerprint density at radius 1 is 0.829 bits per heavy atom. The molecule has 0 saturated heterocycles. The zero-order valence-electron chi connectivity index (χ0n) is 21.7. The highest BCUT2D eigenvalue weighted by molar-refractivity contribution is 5.90. The molecule has 2 saturated carbocycles. The molecule has 0 N–H and O–H groups in total. The molecule has 2 aliphatic rings. The molecule has 2 aromatic rings. The molecule has 0 bridgehead atoms. The minimum absolute atomic E-state index is 0.0296. The van der Waals surface area contributed by atoms with E-state index < -0.39 is 0 Å². The Morgan fingerprint density at radius 3 is 2.11 bits per heavy atom. The first-order valence-electron chi connectivity index (χ1n) is 14.2. The molecule has 0 aromatic heterocycles. The highest BCUT2D eigenvalue weighted by Crippen LogP contribution is 2.39. The van der Waals surface area contributed by atoms with Gasteiger partial charge in [0.15, 0.2) is 0 Å². The number of esters is 1. The Kier molecular flexibility index (Phi) is 9.40. The van der Waals surface area contributed by atoms with E-state index in [4.69, 9.17) is 4.74 Å². The van der Waals surface area contributed by atoms with Gasteiger partial charge in [0, 0.05) is 5.56 Å². The number of ether oxygens (including phenoxy) is 1. The fourth-order valence-electron chi connectivity index (χ4n) is 6.25. The van der Waals surface area contributed by atoms with Crippen molar-refractivity contribution >= 4 is 5.97 Å². The number of carbonyl (C=O) groups excluding carboxylic acids is 1. The summed E-state index contributed by atoms with van der Waals surface area (Å²) in [4.78, 5) is 12.6. The molecule has 190 valence electrons. The largest absolute Gasteiger partial charge is 0.459 e. The van der Waals surface area contributed by atoms with Crippen LogP contribution in [0.3, 0.4) is 0 Å². The van der Waals surface area contributed by atoms with Gasteiger partial charge < -0.3 is 4.74 Å². The van der Waals surface area contributed by atoms with E-state index in [9.17, 15) is 4.79 Å². The summed E-state index contributed by atoms with van der Waals surface area (Å²) in [5.74, 6) is 1.69. The third-order valence-electron chi connectivity index (χ3n) is 8.47. The van der Waals surface area contributed by atoms with Gasteiger partial charge in [-0.15, -0.1) is 0 Å². The zero-order chi connectivity index (χ0) is 24.6. The van der Waals surface area contributed by atoms with Crippen molar-refractivity contribution in [2.45, 2.75) is 109 Å². The first kappa shape index (κ1) is 25.9. The predicted octanol–water partition coefficient (Wildman–Crippen LogP) is 9.47. The van der Waals surface area contributed by atoms with Crippen LogP contribution in [0.2, 0.25) is 0 Å². The smallest absolute Gasteiger partial charge is 0.338 e. The molecule has 2 fully saturated rings. The summed E-state index contributed by atoms with van der Waals surface area (Å²) < 4.78 is 20.9. The summed E-state index contributed by atoms with van der Waals surface area (Å²) in [6.45, 7) is 4.49. The van der Waals surface area contributed by atoms with Crippen molar-refractivity contribution in [2.24, 2.45) is 11.8 Å². The van der Waals surface area contributed by atoms with E-state index in [0.717, 1.165) is 48.6 Å². The molecule has 2 nitrogen and oxygen atoms in total. The van der Waals surface area contributed by atoms with Crippen molar-refractivity contribution in [3.05, 3.63) is 59.4 Å². The average Bonchev–Trinajstić information content (AvgIpc) is 2.89. The molecule has 0 heterocycles. The van der Waals surface area contributed by atoms with E-state index in [1.165, 1.54) is 57.8 Å². The molecular formula is C32H43FO2. The van der Waals surface area contributed by atoms with Crippen LogP contribution in [0, 0.1) is 17.7 Å². The summed E-state index contributed by atoms with van der Waals surface area (Å²) in [6, 6.07) is 13.0. The van der Waals surface area contributed by atoms with Crippen molar-refractivity contribution in [3.63, 3.8) is 0 Å². The number of halogens is 1. The third kappa shape index (κ3) is 6.96. The van der Waals surface area contributed by atoms with Crippen LogP contribution in [-0.2, 0) is 4.74 Å². The SMILES string of the molecule is CCCC[C@H]1CC[C@H](c2ccc(-c3ccc(C(=O)O[C@H]4CC[C@H](CCC)CC4)cc3)c(F)c2)CC1. The summed E-state index contributed by atoms with van der Waals surface area (Å²) >= 11 is 0. The Bertz CT molecular complexity index is 935. The molecule has 4 rings (SSSR count). The number of hydrogen-bond donors (Lipinski definition) is 0. The first-order valence-corrected chi connectivity index (χ1v) is 14.2. The normalized spacial score (nSPS) is 24.8. The molecular weight excluding hydrogens is 435 g/mol. The van der Waals surface area contributed by atoms with Gasteiger partial charge >= 0.3 is 5.97 Å².